The Bertz CT molecular complexity index is 1110. The first-order chi connectivity index (χ1) is 14.9. The van der Waals surface area contributed by atoms with Gasteiger partial charge in [-0.2, -0.15) is 0 Å². The Morgan fingerprint density at radius 2 is 1.81 bits per heavy atom. The smallest absolute Gasteiger partial charge is 0.273 e. The van der Waals surface area contributed by atoms with Crippen molar-refractivity contribution in [3.8, 4) is 34.3 Å². The highest BCUT2D eigenvalue weighted by Crippen LogP contribution is 2.43. The highest BCUT2D eigenvalue weighted by molar-refractivity contribution is 5.93. The van der Waals surface area contributed by atoms with Gasteiger partial charge in [-0.1, -0.05) is 5.16 Å². The Labute approximate surface area is 175 Å². The summed E-state index contributed by atoms with van der Waals surface area (Å²) in [5, 5.41) is 31.8. The molecule has 11 heteroatoms. The molecule has 160 valence electrons. The van der Waals surface area contributed by atoms with Crippen LogP contribution in [0.3, 0.4) is 0 Å². The molecule has 0 aliphatic rings. The van der Waals surface area contributed by atoms with Crippen molar-refractivity contribution in [1.29, 1.82) is 0 Å². The molecule has 3 rings (SSSR count). The average Bonchev–Trinajstić information content (AvgIpc) is 3.21. The van der Waals surface area contributed by atoms with Gasteiger partial charge in [0.15, 0.2) is 11.5 Å². The number of ether oxygens (including phenoxy) is 1. The normalized spacial score (nSPS) is 10.4. The second-order valence-corrected chi connectivity index (χ2v) is 6.34. The zero-order chi connectivity index (χ0) is 22.4. The molecule has 31 heavy (non-hydrogen) atoms. The quantitative estimate of drug-likeness (QED) is 0.315. The van der Waals surface area contributed by atoms with Gasteiger partial charge < -0.3 is 30.1 Å². The Morgan fingerprint density at radius 1 is 1.10 bits per heavy atom. The summed E-state index contributed by atoms with van der Waals surface area (Å²) in [7, 11) is 0. The van der Waals surface area contributed by atoms with Gasteiger partial charge in [-0.05, 0) is 29.4 Å². The van der Waals surface area contributed by atoms with Gasteiger partial charge in [0.1, 0.15) is 34.2 Å². The van der Waals surface area contributed by atoms with Crippen molar-refractivity contribution in [3.05, 3.63) is 53.1 Å². The van der Waals surface area contributed by atoms with Crippen molar-refractivity contribution >= 4 is 17.5 Å². The lowest BCUT2D eigenvalue weighted by Crippen LogP contribution is -2.33. The van der Waals surface area contributed by atoms with Crippen molar-refractivity contribution < 1.29 is 29.1 Å². The molecule has 0 fully saturated rings. The van der Waals surface area contributed by atoms with E-state index in [1.165, 1.54) is 43.3 Å². The molecule has 0 spiro atoms. The first kappa shape index (κ1) is 21.3. The number of aromatic hydroxyl groups is 2. The monoisotopic (exact) mass is 426 g/mol. The molecule has 1 aromatic heterocycles. The molecule has 0 bridgehead atoms. The molecule has 0 aliphatic carbocycles. The number of carbonyl (C=O) groups is 2. The van der Waals surface area contributed by atoms with Crippen LogP contribution in [0.1, 0.15) is 17.4 Å². The second-order valence-electron chi connectivity index (χ2n) is 6.34. The molecule has 0 saturated heterocycles. The van der Waals surface area contributed by atoms with Gasteiger partial charge in [0.05, 0.1) is 0 Å². The van der Waals surface area contributed by atoms with E-state index in [1.807, 2.05) is 0 Å². The second kappa shape index (κ2) is 9.39. The van der Waals surface area contributed by atoms with Gasteiger partial charge in [0.25, 0.3) is 5.91 Å². The fourth-order valence-corrected chi connectivity index (χ4v) is 2.62. The fourth-order valence-electron chi connectivity index (χ4n) is 2.62. The molecule has 4 N–H and O–H groups in total. The zero-order valence-electron chi connectivity index (χ0n) is 16.3. The molecular weight excluding hydrogens is 408 g/mol. The number of hydrogen-bond acceptors (Lipinski definition) is 9. The van der Waals surface area contributed by atoms with Crippen molar-refractivity contribution in [1.82, 2.24) is 15.8 Å². The molecule has 2 amide bonds. The minimum atomic E-state index is -0.543. The Kier molecular flexibility index (Phi) is 6.45. The summed E-state index contributed by atoms with van der Waals surface area (Å²) in [6, 6.07) is 9.46. The number of phenols is 2. The standard InChI is InChI=1S/C20H18N4O7/c1-11(25)21-6-7-22-20(28)15-10-18(31-24-15)19-16(27)8-13(26)9-17(19)30-14-4-2-12(23-29)3-5-14/h2-5,8-10,26-27H,6-7H2,1H3,(H,21,25)(H,22,28). The summed E-state index contributed by atoms with van der Waals surface area (Å²) in [6.45, 7) is 1.80. The van der Waals surface area contributed by atoms with E-state index < -0.39 is 5.91 Å². The van der Waals surface area contributed by atoms with E-state index >= 15 is 0 Å². The third kappa shape index (κ3) is 5.35. The number of carbonyl (C=O) groups excluding carboxylic acids is 2. The summed E-state index contributed by atoms with van der Waals surface area (Å²) < 4.78 is 10.9. The predicted molar refractivity (Wildman–Crippen MR) is 108 cm³/mol. The van der Waals surface area contributed by atoms with Crippen LogP contribution in [-0.2, 0) is 4.79 Å². The minimum Gasteiger partial charge on any atom is -0.508 e. The van der Waals surface area contributed by atoms with Crippen molar-refractivity contribution in [2.45, 2.75) is 6.92 Å². The first-order valence-corrected chi connectivity index (χ1v) is 9.04. The van der Waals surface area contributed by atoms with Crippen LogP contribution in [-0.4, -0.2) is 40.3 Å². The number of phenolic OH excluding ortho intramolecular Hbond substituents is 2. The number of aromatic nitrogens is 1. The molecule has 2 aromatic carbocycles. The van der Waals surface area contributed by atoms with Crippen molar-refractivity contribution in [2.75, 3.05) is 13.1 Å². The lowest BCUT2D eigenvalue weighted by molar-refractivity contribution is -0.118. The van der Waals surface area contributed by atoms with Gasteiger partial charge in [-0.15, -0.1) is 4.91 Å². The largest absolute Gasteiger partial charge is 0.508 e. The SMILES string of the molecule is CC(=O)NCCNC(=O)c1cc(-c2c(O)cc(O)cc2Oc2ccc(N=O)cc2)on1. The number of benzene rings is 2. The molecule has 0 aliphatic heterocycles. The highest BCUT2D eigenvalue weighted by Gasteiger charge is 2.21. The maximum Gasteiger partial charge on any atom is 0.273 e. The van der Waals surface area contributed by atoms with Gasteiger partial charge in [0, 0.05) is 38.2 Å². The third-order valence-corrected chi connectivity index (χ3v) is 4.01. The molecule has 3 aromatic rings. The Hall–Kier alpha value is -4.41. The van der Waals surface area contributed by atoms with Gasteiger partial charge >= 0.3 is 0 Å². The number of amides is 2. The van der Waals surface area contributed by atoms with Crippen LogP contribution >= 0.6 is 0 Å². The Balaban J connectivity index is 1.83. The number of rotatable bonds is 8. The highest BCUT2D eigenvalue weighted by atomic mass is 16.5. The van der Waals surface area contributed by atoms with Gasteiger partial charge in [-0.3, -0.25) is 9.59 Å². The number of nitrogens with one attached hydrogen (secondary N) is 2. The van der Waals surface area contributed by atoms with E-state index in [0.717, 1.165) is 6.07 Å². The van der Waals surface area contributed by atoms with E-state index in [9.17, 15) is 24.7 Å². The predicted octanol–water partition coefficient (Wildman–Crippen LogP) is 2.81. The molecule has 0 atom stereocenters. The minimum absolute atomic E-state index is 0.0192. The molecular formula is C20H18N4O7. The van der Waals surface area contributed by atoms with Crippen molar-refractivity contribution in [3.63, 3.8) is 0 Å². The van der Waals surface area contributed by atoms with E-state index in [0.29, 0.717) is 5.75 Å². The lowest BCUT2D eigenvalue weighted by atomic mass is 10.1. The summed E-state index contributed by atoms with van der Waals surface area (Å²) in [5.74, 6) is -1.05. The molecule has 11 nitrogen and oxygen atoms in total. The van der Waals surface area contributed by atoms with E-state index in [-0.39, 0.29) is 59.0 Å². The maximum atomic E-state index is 12.2. The Morgan fingerprint density at radius 3 is 2.48 bits per heavy atom. The summed E-state index contributed by atoms with van der Waals surface area (Å²) >= 11 is 0. The average molecular weight is 426 g/mol. The molecule has 0 radical (unpaired) electrons. The van der Waals surface area contributed by atoms with E-state index in [2.05, 4.69) is 21.0 Å². The van der Waals surface area contributed by atoms with Gasteiger partial charge in [0.2, 0.25) is 5.91 Å². The third-order valence-electron chi connectivity index (χ3n) is 4.01. The number of nitrogens with zero attached hydrogens (tertiary/aromatic N) is 2. The van der Waals surface area contributed by atoms with Crippen LogP contribution in [0.25, 0.3) is 11.3 Å². The fraction of sp³-hybridized carbons (Fsp3) is 0.150. The summed E-state index contributed by atoms with van der Waals surface area (Å²) in [5.41, 5.74) is 0.202. The molecule has 0 saturated carbocycles. The number of hydrogen-bond donors (Lipinski definition) is 4. The maximum absolute atomic E-state index is 12.2. The molecule has 1 heterocycles. The number of nitroso groups, excluding NO2 is 1. The van der Waals surface area contributed by atoms with Gasteiger partial charge in [-0.25, -0.2) is 0 Å². The topological polar surface area (TPSA) is 163 Å². The van der Waals surface area contributed by atoms with Crippen LogP contribution in [0.4, 0.5) is 5.69 Å². The van der Waals surface area contributed by atoms with E-state index in [4.69, 9.17) is 9.26 Å². The molecule has 0 unspecified atom stereocenters. The first-order valence-electron chi connectivity index (χ1n) is 9.04. The lowest BCUT2D eigenvalue weighted by Gasteiger charge is -2.11. The van der Waals surface area contributed by atoms with Crippen LogP contribution in [0.5, 0.6) is 23.0 Å². The summed E-state index contributed by atoms with van der Waals surface area (Å²) in [6.07, 6.45) is 0. The van der Waals surface area contributed by atoms with Crippen LogP contribution < -0.4 is 15.4 Å². The van der Waals surface area contributed by atoms with Crippen LogP contribution in [0.2, 0.25) is 0 Å². The zero-order valence-corrected chi connectivity index (χ0v) is 16.3. The van der Waals surface area contributed by atoms with E-state index in [1.54, 1.807) is 0 Å². The van der Waals surface area contributed by atoms with Crippen LogP contribution in [0.15, 0.2) is 52.2 Å². The summed E-state index contributed by atoms with van der Waals surface area (Å²) in [4.78, 5) is 33.6. The van der Waals surface area contributed by atoms with Crippen LogP contribution in [0, 0.1) is 4.91 Å². The van der Waals surface area contributed by atoms with Crippen molar-refractivity contribution in [2.24, 2.45) is 5.18 Å².